The normalized spacial score (nSPS) is 10.4. The first-order valence-corrected chi connectivity index (χ1v) is 6.91. The summed E-state index contributed by atoms with van der Waals surface area (Å²) in [5, 5.41) is 5.47. The molecule has 0 atom stereocenters. The van der Waals surface area contributed by atoms with E-state index >= 15 is 0 Å². The van der Waals surface area contributed by atoms with Gasteiger partial charge < -0.3 is 5.32 Å². The van der Waals surface area contributed by atoms with Gasteiger partial charge in [-0.2, -0.15) is 0 Å². The first-order valence-electron chi connectivity index (χ1n) is 5.66. The molecule has 0 fully saturated rings. The fraction of sp³-hybridized carbons (Fsp3) is 0.214. The zero-order valence-corrected chi connectivity index (χ0v) is 11.9. The maximum Gasteiger partial charge on any atom is 0.252 e. The number of rotatable bonds is 3. The van der Waals surface area contributed by atoms with Gasteiger partial charge in [0.25, 0.3) is 5.91 Å². The quantitative estimate of drug-likeness (QED) is 0.906. The molecule has 0 saturated heterocycles. The van der Waals surface area contributed by atoms with Crippen molar-refractivity contribution in [3.05, 3.63) is 56.2 Å². The van der Waals surface area contributed by atoms with E-state index in [2.05, 4.69) is 5.32 Å². The maximum atomic E-state index is 12.0. The summed E-state index contributed by atoms with van der Waals surface area (Å²) in [7, 11) is 0. The zero-order chi connectivity index (χ0) is 13.1. The van der Waals surface area contributed by atoms with Crippen molar-refractivity contribution in [3.8, 4) is 0 Å². The second-order valence-corrected chi connectivity index (χ2v) is 5.60. The van der Waals surface area contributed by atoms with Crippen molar-refractivity contribution in [1.82, 2.24) is 5.32 Å². The monoisotopic (exact) mass is 279 g/mol. The molecule has 1 aromatic carbocycles. The predicted molar refractivity (Wildman–Crippen MR) is 76.4 cm³/mol. The summed E-state index contributed by atoms with van der Waals surface area (Å²) in [6.07, 6.45) is 0. The molecule has 1 heterocycles. The number of halogens is 1. The Hall–Kier alpha value is -1.32. The van der Waals surface area contributed by atoms with Crippen LogP contribution in [-0.2, 0) is 6.54 Å². The Bertz CT molecular complexity index is 577. The summed E-state index contributed by atoms with van der Waals surface area (Å²) >= 11 is 7.64. The summed E-state index contributed by atoms with van der Waals surface area (Å²) in [6, 6.07) is 7.52. The molecule has 0 aliphatic rings. The highest BCUT2D eigenvalue weighted by molar-refractivity contribution is 7.10. The average Bonchev–Trinajstić information content (AvgIpc) is 2.69. The van der Waals surface area contributed by atoms with Crippen molar-refractivity contribution in [1.29, 1.82) is 0 Å². The number of amides is 1. The van der Waals surface area contributed by atoms with Gasteiger partial charge in [0.05, 0.1) is 5.56 Å². The van der Waals surface area contributed by atoms with E-state index in [0.29, 0.717) is 11.6 Å². The number of benzene rings is 1. The second kappa shape index (κ2) is 5.55. The zero-order valence-electron chi connectivity index (χ0n) is 10.3. The number of nitrogens with one attached hydrogen (secondary N) is 1. The molecule has 0 bridgehead atoms. The van der Waals surface area contributed by atoms with Crippen LogP contribution >= 0.6 is 22.9 Å². The van der Waals surface area contributed by atoms with E-state index in [1.54, 1.807) is 11.3 Å². The van der Waals surface area contributed by atoms with E-state index in [-0.39, 0.29) is 5.91 Å². The van der Waals surface area contributed by atoms with Gasteiger partial charge in [-0.05, 0) is 31.0 Å². The first kappa shape index (κ1) is 13.1. The summed E-state index contributed by atoms with van der Waals surface area (Å²) in [5.41, 5.74) is 2.73. The van der Waals surface area contributed by atoms with Gasteiger partial charge in [0.1, 0.15) is 0 Å². The summed E-state index contributed by atoms with van der Waals surface area (Å²) in [6.45, 7) is 4.44. The van der Waals surface area contributed by atoms with Crippen LogP contribution in [0.3, 0.4) is 0 Å². The van der Waals surface area contributed by atoms with Gasteiger partial charge in [0.15, 0.2) is 0 Å². The SMILES string of the molecule is Cc1scc(C(=O)NCc2ccccc2Cl)c1C. The van der Waals surface area contributed by atoms with Gasteiger partial charge in [-0.25, -0.2) is 0 Å². The minimum atomic E-state index is -0.0447. The van der Waals surface area contributed by atoms with Gasteiger partial charge in [0, 0.05) is 21.8 Å². The van der Waals surface area contributed by atoms with Crippen LogP contribution in [0.4, 0.5) is 0 Å². The number of aryl methyl sites for hydroxylation is 1. The Kier molecular flexibility index (Phi) is 4.04. The third-order valence-electron chi connectivity index (χ3n) is 2.93. The first-order chi connectivity index (χ1) is 8.59. The number of hydrogen-bond donors (Lipinski definition) is 1. The van der Waals surface area contributed by atoms with Gasteiger partial charge in [0.2, 0.25) is 0 Å². The van der Waals surface area contributed by atoms with Gasteiger partial charge in [-0.1, -0.05) is 29.8 Å². The Morgan fingerprint density at radius 2 is 2.06 bits per heavy atom. The number of carbonyl (C=O) groups excluding carboxylic acids is 1. The fourth-order valence-corrected chi connectivity index (χ4v) is 2.72. The van der Waals surface area contributed by atoms with Crippen molar-refractivity contribution in [3.63, 3.8) is 0 Å². The molecule has 1 N–H and O–H groups in total. The largest absolute Gasteiger partial charge is 0.348 e. The van der Waals surface area contributed by atoms with E-state index in [1.807, 2.05) is 43.5 Å². The van der Waals surface area contributed by atoms with Gasteiger partial charge in [-0.3, -0.25) is 4.79 Å². The molecule has 2 nitrogen and oxygen atoms in total. The second-order valence-electron chi connectivity index (χ2n) is 4.10. The molecule has 0 spiro atoms. The molecule has 0 aliphatic carbocycles. The predicted octanol–water partition coefficient (Wildman–Crippen LogP) is 3.95. The van der Waals surface area contributed by atoms with Crippen molar-refractivity contribution in [2.45, 2.75) is 20.4 Å². The number of carbonyl (C=O) groups is 1. The Morgan fingerprint density at radius 3 is 2.67 bits per heavy atom. The van der Waals surface area contributed by atoms with E-state index in [9.17, 15) is 4.79 Å². The van der Waals surface area contributed by atoms with Crippen molar-refractivity contribution in [2.75, 3.05) is 0 Å². The lowest BCUT2D eigenvalue weighted by atomic mass is 10.1. The number of hydrogen-bond acceptors (Lipinski definition) is 2. The molecule has 2 aromatic rings. The summed E-state index contributed by atoms with van der Waals surface area (Å²) < 4.78 is 0. The molecule has 94 valence electrons. The van der Waals surface area contributed by atoms with Crippen LogP contribution in [0.15, 0.2) is 29.6 Å². The lowest BCUT2D eigenvalue weighted by molar-refractivity contribution is 0.0951. The standard InChI is InChI=1S/C14H14ClNOS/c1-9-10(2)18-8-12(9)14(17)16-7-11-5-3-4-6-13(11)15/h3-6,8H,7H2,1-2H3,(H,16,17). The maximum absolute atomic E-state index is 12.0. The van der Waals surface area contributed by atoms with Crippen LogP contribution in [0.5, 0.6) is 0 Å². The third kappa shape index (κ3) is 2.74. The van der Waals surface area contributed by atoms with Crippen LogP contribution in [0.2, 0.25) is 5.02 Å². The van der Waals surface area contributed by atoms with E-state index < -0.39 is 0 Å². The minimum Gasteiger partial charge on any atom is -0.348 e. The van der Waals surface area contributed by atoms with Crippen molar-refractivity contribution in [2.24, 2.45) is 0 Å². The molecule has 2 rings (SSSR count). The number of thiophene rings is 1. The van der Waals surface area contributed by atoms with Crippen LogP contribution in [0, 0.1) is 13.8 Å². The molecular formula is C14H14ClNOS. The van der Waals surface area contributed by atoms with E-state index in [1.165, 1.54) is 4.88 Å². The van der Waals surface area contributed by atoms with Crippen LogP contribution in [-0.4, -0.2) is 5.91 Å². The molecule has 1 amide bonds. The third-order valence-corrected chi connectivity index (χ3v) is 4.31. The summed E-state index contributed by atoms with van der Waals surface area (Å²) in [4.78, 5) is 13.2. The smallest absolute Gasteiger partial charge is 0.252 e. The molecule has 4 heteroatoms. The van der Waals surface area contributed by atoms with Crippen molar-refractivity contribution >= 4 is 28.8 Å². The Balaban J connectivity index is 2.05. The summed E-state index contributed by atoms with van der Waals surface area (Å²) in [5.74, 6) is -0.0447. The molecule has 0 saturated carbocycles. The Morgan fingerprint density at radius 1 is 1.33 bits per heavy atom. The highest BCUT2D eigenvalue weighted by Crippen LogP contribution is 2.20. The highest BCUT2D eigenvalue weighted by Gasteiger charge is 2.12. The van der Waals surface area contributed by atoms with Crippen molar-refractivity contribution < 1.29 is 4.79 Å². The lowest BCUT2D eigenvalue weighted by Gasteiger charge is -2.06. The van der Waals surface area contributed by atoms with Gasteiger partial charge >= 0.3 is 0 Å². The molecule has 0 radical (unpaired) electrons. The topological polar surface area (TPSA) is 29.1 Å². The lowest BCUT2D eigenvalue weighted by Crippen LogP contribution is -2.23. The highest BCUT2D eigenvalue weighted by atomic mass is 35.5. The molecular weight excluding hydrogens is 266 g/mol. The van der Waals surface area contributed by atoms with E-state index in [0.717, 1.165) is 16.7 Å². The fourth-order valence-electron chi connectivity index (χ4n) is 1.65. The molecule has 0 unspecified atom stereocenters. The van der Waals surface area contributed by atoms with Gasteiger partial charge in [-0.15, -0.1) is 11.3 Å². The Labute approximate surface area is 116 Å². The molecule has 0 aliphatic heterocycles. The van der Waals surface area contributed by atoms with Crippen LogP contribution in [0.1, 0.15) is 26.4 Å². The minimum absolute atomic E-state index is 0.0447. The molecule has 18 heavy (non-hydrogen) atoms. The van der Waals surface area contributed by atoms with Crippen LogP contribution in [0.25, 0.3) is 0 Å². The average molecular weight is 280 g/mol. The van der Waals surface area contributed by atoms with Crippen LogP contribution < -0.4 is 5.32 Å². The molecule has 1 aromatic heterocycles. The van der Waals surface area contributed by atoms with E-state index in [4.69, 9.17) is 11.6 Å².